The third-order valence-corrected chi connectivity index (χ3v) is 4.46. The number of halogens is 2. The van der Waals surface area contributed by atoms with Crippen LogP contribution in [0.1, 0.15) is 20.7 Å². The zero-order chi connectivity index (χ0) is 17.0. The highest BCUT2D eigenvalue weighted by atomic mass is 127. The summed E-state index contributed by atoms with van der Waals surface area (Å²) in [6.07, 6.45) is 0. The highest BCUT2D eigenvalue weighted by Gasteiger charge is 2.16. The number of nitrogens with one attached hydrogen (secondary N) is 2. The Morgan fingerprint density at radius 2 is 1.74 bits per heavy atom. The molecule has 0 saturated carbocycles. The van der Waals surface area contributed by atoms with Gasteiger partial charge in [0.25, 0.3) is 5.91 Å². The molecule has 0 heterocycles. The van der Waals surface area contributed by atoms with Gasteiger partial charge in [0.05, 0.1) is 11.3 Å². The van der Waals surface area contributed by atoms with Crippen LogP contribution in [0.4, 0.5) is 5.69 Å². The first-order chi connectivity index (χ1) is 10.9. The summed E-state index contributed by atoms with van der Waals surface area (Å²) < 4.78 is 1.50. The van der Waals surface area contributed by atoms with E-state index in [0.29, 0.717) is 14.8 Å². The summed E-state index contributed by atoms with van der Waals surface area (Å²) in [5.41, 5.74) is 0.918. The van der Waals surface area contributed by atoms with Gasteiger partial charge in [-0.05, 0) is 81.7 Å². The molecular weight excluding hydrogens is 542 g/mol. The van der Waals surface area contributed by atoms with Crippen molar-refractivity contribution in [1.82, 2.24) is 5.32 Å². The van der Waals surface area contributed by atoms with Crippen molar-refractivity contribution in [2.45, 2.75) is 0 Å². The van der Waals surface area contributed by atoms with Crippen molar-refractivity contribution in [3.05, 3.63) is 60.7 Å². The summed E-state index contributed by atoms with van der Waals surface area (Å²) in [6, 6.07) is 12.0. The number of aromatic carboxylic acids is 1. The van der Waals surface area contributed by atoms with Gasteiger partial charge in [-0.1, -0.05) is 18.2 Å². The van der Waals surface area contributed by atoms with E-state index in [9.17, 15) is 14.7 Å². The van der Waals surface area contributed by atoms with Crippen molar-refractivity contribution in [3.8, 4) is 0 Å². The van der Waals surface area contributed by atoms with E-state index in [0.717, 1.165) is 3.57 Å². The second kappa shape index (κ2) is 8.02. The third-order valence-electron chi connectivity index (χ3n) is 2.79. The predicted octanol–water partition coefficient (Wildman–Crippen LogP) is 3.72. The molecule has 5 nitrogen and oxygen atoms in total. The molecule has 0 aromatic heterocycles. The lowest BCUT2D eigenvalue weighted by molar-refractivity contribution is 0.0697. The molecule has 0 unspecified atom stereocenters. The second-order valence-corrected chi connectivity index (χ2v) is 7.21. The van der Waals surface area contributed by atoms with Gasteiger partial charge >= 0.3 is 5.97 Å². The molecule has 0 aliphatic heterocycles. The van der Waals surface area contributed by atoms with Gasteiger partial charge in [0.2, 0.25) is 0 Å². The van der Waals surface area contributed by atoms with E-state index in [2.05, 4.69) is 10.6 Å². The van der Waals surface area contributed by atoms with E-state index in [1.807, 2.05) is 51.2 Å². The first-order valence-electron chi connectivity index (χ1n) is 6.28. The van der Waals surface area contributed by atoms with Crippen molar-refractivity contribution in [2.24, 2.45) is 0 Å². The first-order valence-corrected chi connectivity index (χ1v) is 8.85. The average molecular weight is 552 g/mol. The molecule has 0 aliphatic carbocycles. The van der Waals surface area contributed by atoms with Gasteiger partial charge in [-0.3, -0.25) is 10.1 Å². The number of carboxylic acids is 1. The maximum absolute atomic E-state index is 12.0. The number of amides is 1. The fourth-order valence-electron chi connectivity index (χ4n) is 1.78. The molecule has 0 fully saturated rings. The van der Waals surface area contributed by atoms with Crippen LogP contribution >= 0.6 is 57.4 Å². The predicted molar refractivity (Wildman–Crippen MR) is 109 cm³/mol. The van der Waals surface area contributed by atoms with E-state index in [-0.39, 0.29) is 16.6 Å². The summed E-state index contributed by atoms with van der Waals surface area (Å²) in [6.45, 7) is 0. The van der Waals surface area contributed by atoms with Gasteiger partial charge < -0.3 is 10.4 Å². The highest BCUT2D eigenvalue weighted by molar-refractivity contribution is 14.1. The molecule has 1 amide bonds. The molecular formula is C15H10I2N2O3S. The number of carboxylic acid groups (broad SMARTS) is 1. The minimum atomic E-state index is -1.07. The smallest absolute Gasteiger partial charge is 0.337 e. The third kappa shape index (κ3) is 4.85. The number of benzene rings is 2. The Morgan fingerprint density at radius 1 is 1.09 bits per heavy atom. The molecule has 0 atom stereocenters. The lowest BCUT2D eigenvalue weighted by Crippen LogP contribution is -2.34. The standard InChI is InChI=1S/C15H10I2N2O3S/c16-9-6-10(14(21)22)12(11(17)7-9)18-15(23)19-13(20)8-4-2-1-3-5-8/h1-7H,(H,21,22)(H2,18,19,20,23). The van der Waals surface area contributed by atoms with Crippen LogP contribution in [-0.2, 0) is 0 Å². The van der Waals surface area contributed by atoms with Gasteiger partial charge in [-0.15, -0.1) is 0 Å². The number of hydrogen-bond donors (Lipinski definition) is 3. The molecule has 0 bridgehead atoms. The fraction of sp³-hybridized carbons (Fsp3) is 0. The molecule has 0 saturated heterocycles. The zero-order valence-corrected chi connectivity index (χ0v) is 16.6. The number of thiocarbonyl (C=S) groups is 1. The zero-order valence-electron chi connectivity index (χ0n) is 11.5. The Balaban J connectivity index is 2.18. The topological polar surface area (TPSA) is 78.4 Å². The van der Waals surface area contributed by atoms with Gasteiger partial charge in [0.1, 0.15) is 0 Å². The summed E-state index contributed by atoms with van der Waals surface area (Å²) >= 11 is 9.17. The summed E-state index contributed by atoms with van der Waals surface area (Å²) in [5.74, 6) is -1.43. The van der Waals surface area contributed by atoms with E-state index >= 15 is 0 Å². The van der Waals surface area contributed by atoms with Crippen LogP contribution in [0.2, 0.25) is 0 Å². The van der Waals surface area contributed by atoms with E-state index in [4.69, 9.17) is 12.2 Å². The molecule has 23 heavy (non-hydrogen) atoms. The van der Waals surface area contributed by atoms with Crippen molar-refractivity contribution >= 4 is 80.1 Å². The second-order valence-electron chi connectivity index (χ2n) is 4.39. The minimum Gasteiger partial charge on any atom is -0.478 e. The van der Waals surface area contributed by atoms with Crippen LogP contribution in [0.3, 0.4) is 0 Å². The molecule has 2 rings (SSSR count). The van der Waals surface area contributed by atoms with Crippen LogP contribution in [0.25, 0.3) is 0 Å². The van der Waals surface area contributed by atoms with Crippen molar-refractivity contribution in [1.29, 1.82) is 0 Å². The molecule has 3 N–H and O–H groups in total. The Morgan fingerprint density at radius 3 is 2.35 bits per heavy atom. The first kappa shape index (κ1) is 18.1. The number of rotatable bonds is 3. The molecule has 0 radical (unpaired) electrons. The van der Waals surface area contributed by atoms with Gasteiger partial charge in [0.15, 0.2) is 5.11 Å². The largest absolute Gasteiger partial charge is 0.478 e. The summed E-state index contributed by atoms with van der Waals surface area (Å²) in [5, 5.41) is 14.7. The number of hydrogen-bond acceptors (Lipinski definition) is 3. The Labute approximate surface area is 165 Å². The normalized spacial score (nSPS) is 10.0. The SMILES string of the molecule is O=C(NC(=S)Nc1c(I)cc(I)cc1C(=O)O)c1ccccc1. The Bertz CT molecular complexity index is 782. The molecule has 2 aromatic rings. The van der Waals surface area contributed by atoms with Crippen LogP contribution in [0, 0.1) is 7.14 Å². The Hall–Kier alpha value is -1.27. The quantitative estimate of drug-likeness (QED) is 0.400. The van der Waals surface area contributed by atoms with Crippen molar-refractivity contribution in [3.63, 3.8) is 0 Å². The lowest BCUT2D eigenvalue weighted by atomic mass is 10.2. The maximum Gasteiger partial charge on any atom is 0.337 e. The Kier molecular flexibility index (Phi) is 6.30. The molecule has 8 heteroatoms. The number of anilines is 1. The number of carbonyl (C=O) groups excluding carboxylic acids is 1. The molecule has 0 aliphatic rings. The van der Waals surface area contributed by atoms with Crippen molar-refractivity contribution < 1.29 is 14.7 Å². The average Bonchev–Trinajstić information content (AvgIpc) is 2.50. The van der Waals surface area contributed by atoms with Crippen molar-refractivity contribution in [2.75, 3.05) is 5.32 Å². The van der Waals surface area contributed by atoms with E-state index < -0.39 is 5.97 Å². The molecule has 0 spiro atoms. The molecule has 2 aromatic carbocycles. The van der Waals surface area contributed by atoms with Crippen LogP contribution in [0.15, 0.2) is 42.5 Å². The van der Waals surface area contributed by atoms with E-state index in [1.165, 1.54) is 6.07 Å². The summed E-state index contributed by atoms with van der Waals surface area (Å²) in [7, 11) is 0. The van der Waals surface area contributed by atoms with Gasteiger partial charge in [-0.2, -0.15) is 0 Å². The van der Waals surface area contributed by atoms with Gasteiger partial charge in [0, 0.05) is 12.7 Å². The van der Waals surface area contributed by atoms with Crippen LogP contribution in [0.5, 0.6) is 0 Å². The fourth-order valence-corrected chi connectivity index (χ4v) is 3.95. The highest BCUT2D eigenvalue weighted by Crippen LogP contribution is 2.26. The lowest BCUT2D eigenvalue weighted by Gasteiger charge is -2.14. The summed E-state index contributed by atoms with van der Waals surface area (Å²) in [4.78, 5) is 23.4. The monoisotopic (exact) mass is 552 g/mol. The maximum atomic E-state index is 12.0. The van der Waals surface area contributed by atoms with Gasteiger partial charge in [-0.25, -0.2) is 4.79 Å². The minimum absolute atomic E-state index is 0.0421. The van der Waals surface area contributed by atoms with E-state index in [1.54, 1.807) is 30.3 Å². The number of carbonyl (C=O) groups is 2. The molecule has 118 valence electrons. The van der Waals surface area contributed by atoms with Crippen LogP contribution in [-0.4, -0.2) is 22.1 Å². The van der Waals surface area contributed by atoms with Crippen LogP contribution < -0.4 is 10.6 Å².